The quantitative estimate of drug-likeness (QED) is 0.600. The normalized spacial score (nSPS) is 10.4. The van der Waals surface area contributed by atoms with Crippen LogP contribution in [0.2, 0.25) is 0 Å². The highest BCUT2D eigenvalue weighted by molar-refractivity contribution is 8.04. The van der Waals surface area contributed by atoms with Crippen LogP contribution in [0.15, 0.2) is 34.7 Å². The number of fused-ring (bicyclic) bond motifs is 1. The van der Waals surface area contributed by atoms with E-state index < -0.39 is 0 Å². The molecule has 0 radical (unpaired) electrons. The molecule has 3 aromatic rings. The first-order chi connectivity index (χ1) is 13.6. The lowest BCUT2D eigenvalue weighted by Gasteiger charge is -2.12. The Morgan fingerprint density at radius 1 is 1.18 bits per heavy atom. The van der Waals surface area contributed by atoms with Crippen LogP contribution >= 0.6 is 11.8 Å². The number of nitriles is 1. The number of rotatable bonds is 7. The van der Waals surface area contributed by atoms with E-state index in [1.54, 1.807) is 30.3 Å². The molecule has 2 aromatic carbocycles. The number of amides is 1. The van der Waals surface area contributed by atoms with Crippen molar-refractivity contribution in [2.75, 3.05) is 32.4 Å². The Balaban J connectivity index is 1.94. The van der Waals surface area contributed by atoms with Crippen LogP contribution in [0.1, 0.15) is 0 Å². The van der Waals surface area contributed by atoms with E-state index in [1.165, 1.54) is 21.3 Å². The van der Waals surface area contributed by atoms with Gasteiger partial charge >= 0.3 is 0 Å². The van der Waals surface area contributed by atoms with Crippen molar-refractivity contribution in [2.24, 2.45) is 0 Å². The lowest BCUT2D eigenvalue weighted by Crippen LogP contribution is -2.13. The zero-order chi connectivity index (χ0) is 20.1. The fourth-order valence-corrected chi connectivity index (χ4v) is 2.89. The third kappa shape index (κ3) is 3.97. The van der Waals surface area contributed by atoms with Gasteiger partial charge in [-0.15, -0.1) is 0 Å². The average Bonchev–Trinajstić information content (AvgIpc) is 3.14. The number of carbonyl (C=O) groups is 1. The van der Waals surface area contributed by atoms with Gasteiger partial charge in [-0.3, -0.25) is 4.79 Å². The summed E-state index contributed by atoms with van der Waals surface area (Å²) in [5.41, 5.74) is 2.35. The van der Waals surface area contributed by atoms with Gasteiger partial charge in [0.25, 0.3) is 0 Å². The molecule has 0 bridgehead atoms. The molecule has 0 aliphatic rings. The third-order valence-electron chi connectivity index (χ3n) is 3.85. The monoisotopic (exact) mass is 399 g/mol. The van der Waals surface area contributed by atoms with Crippen LogP contribution in [0.4, 0.5) is 5.69 Å². The van der Waals surface area contributed by atoms with Crippen LogP contribution in [0.25, 0.3) is 22.6 Å². The summed E-state index contributed by atoms with van der Waals surface area (Å²) in [5, 5.41) is 13.1. The van der Waals surface area contributed by atoms with E-state index in [9.17, 15) is 4.79 Å². The lowest BCUT2D eigenvalue weighted by molar-refractivity contribution is -0.113. The second-order valence-corrected chi connectivity index (χ2v) is 6.30. The summed E-state index contributed by atoms with van der Waals surface area (Å²) in [6, 6.07) is 8.63. The summed E-state index contributed by atoms with van der Waals surface area (Å²) in [6.45, 7) is 0. The molecule has 3 rings (SSSR count). The van der Waals surface area contributed by atoms with Gasteiger partial charge in [-0.2, -0.15) is 5.26 Å². The van der Waals surface area contributed by atoms with E-state index in [2.05, 4.69) is 10.3 Å². The highest BCUT2D eigenvalue weighted by atomic mass is 32.2. The number of aromatic nitrogens is 1. The summed E-state index contributed by atoms with van der Waals surface area (Å²) in [5.74, 6) is 1.61. The molecule has 28 heavy (non-hydrogen) atoms. The van der Waals surface area contributed by atoms with Gasteiger partial charge in [0.05, 0.1) is 27.1 Å². The number of benzene rings is 2. The molecule has 0 aliphatic carbocycles. The molecule has 0 atom stereocenters. The molecule has 0 aliphatic heterocycles. The molecule has 0 fully saturated rings. The van der Waals surface area contributed by atoms with Crippen LogP contribution in [0.3, 0.4) is 0 Å². The molecule has 1 N–H and O–H groups in total. The fourth-order valence-electron chi connectivity index (χ4n) is 2.63. The summed E-state index contributed by atoms with van der Waals surface area (Å²) >= 11 is 0.874. The van der Waals surface area contributed by atoms with Crippen molar-refractivity contribution in [2.45, 2.75) is 0 Å². The van der Waals surface area contributed by atoms with Crippen molar-refractivity contribution in [3.8, 4) is 34.1 Å². The number of hydrogen-bond acceptors (Lipinski definition) is 8. The fraction of sp³-hybridized carbons (Fsp3) is 0.211. The van der Waals surface area contributed by atoms with Gasteiger partial charge < -0.3 is 23.9 Å². The molecule has 0 spiro atoms. The molecular formula is C19H17N3O5S. The van der Waals surface area contributed by atoms with Crippen molar-refractivity contribution in [3.05, 3.63) is 30.3 Å². The number of thiocyanates is 1. The van der Waals surface area contributed by atoms with Gasteiger partial charge in [0.15, 0.2) is 17.1 Å². The maximum atomic E-state index is 11.8. The standard InChI is InChI=1S/C19H17N3O5S/c1-24-15-6-11(7-16(25-2)18(15)26-3)19-22-13-5-4-12(8-14(13)27-19)21-17(23)9-28-10-20/h4-8H,9H2,1-3H3,(H,21,23). The zero-order valence-corrected chi connectivity index (χ0v) is 16.3. The van der Waals surface area contributed by atoms with Gasteiger partial charge in [0.2, 0.25) is 17.5 Å². The van der Waals surface area contributed by atoms with E-state index in [0.717, 1.165) is 11.8 Å². The number of ether oxygens (including phenoxy) is 3. The van der Waals surface area contributed by atoms with Crippen molar-refractivity contribution in [1.82, 2.24) is 4.98 Å². The first-order valence-corrected chi connectivity index (χ1v) is 9.09. The Hall–Kier alpha value is -3.38. The minimum Gasteiger partial charge on any atom is -0.493 e. The highest BCUT2D eigenvalue weighted by Gasteiger charge is 2.17. The molecule has 8 nitrogen and oxygen atoms in total. The molecule has 0 saturated heterocycles. The van der Waals surface area contributed by atoms with Crippen LogP contribution in [0, 0.1) is 10.7 Å². The van der Waals surface area contributed by atoms with Crippen LogP contribution in [-0.4, -0.2) is 38.0 Å². The molecule has 9 heteroatoms. The summed E-state index contributed by atoms with van der Waals surface area (Å²) < 4.78 is 21.9. The largest absolute Gasteiger partial charge is 0.493 e. The maximum absolute atomic E-state index is 11.8. The predicted molar refractivity (Wildman–Crippen MR) is 106 cm³/mol. The second-order valence-electron chi connectivity index (χ2n) is 5.54. The van der Waals surface area contributed by atoms with Crippen LogP contribution in [0.5, 0.6) is 17.2 Å². The number of carbonyl (C=O) groups excluding carboxylic acids is 1. The Morgan fingerprint density at radius 3 is 2.50 bits per heavy atom. The number of nitrogens with zero attached hydrogens (tertiary/aromatic N) is 2. The molecular weight excluding hydrogens is 382 g/mol. The molecule has 1 amide bonds. The number of anilines is 1. The van der Waals surface area contributed by atoms with E-state index in [0.29, 0.717) is 45.5 Å². The number of oxazole rings is 1. The minimum atomic E-state index is -0.268. The van der Waals surface area contributed by atoms with E-state index in [4.69, 9.17) is 23.9 Å². The smallest absolute Gasteiger partial charge is 0.235 e. The number of thioether (sulfide) groups is 1. The first kappa shape index (κ1) is 19.4. The summed E-state index contributed by atoms with van der Waals surface area (Å²) in [6.07, 6.45) is 0. The average molecular weight is 399 g/mol. The third-order valence-corrected chi connectivity index (χ3v) is 4.39. The predicted octanol–water partition coefficient (Wildman–Crippen LogP) is 3.67. The number of methoxy groups -OCH3 is 3. The maximum Gasteiger partial charge on any atom is 0.235 e. The summed E-state index contributed by atoms with van der Waals surface area (Å²) in [7, 11) is 4.60. The molecule has 1 aromatic heterocycles. The number of hydrogen-bond donors (Lipinski definition) is 1. The molecule has 1 heterocycles. The molecule has 0 saturated carbocycles. The Labute approximate surface area is 165 Å². The van der Waals surface area contributed by atoms with Gasteiger partial charge in [0, 0.05) is 17.3 Å². The van der Waals surface area contributed by atoms with Crippen LogP contribution < -0.4 is 19.5 Å². The Morgan fingerprint density at radius 2 is 1.89 bits per heavy atom. The van der Waals surface area contributed by atoms with Crippen molar-refractivity contribution >= 4 is 34.5 Å². The minimum absolute atomic E-state index is 0.0572. The van der Waals surface area contributed by atoms with Crippen molar-refractivity contribution in [1.29, 1.82) is 5.26 Å². The highest BCUT2D eigenvalue weighted by Crippen LogP contribution is 2.41. The molecule has 144 valence electrons. The van der Waals surface area contributed by atoms with Gasteiger partial charge in [-0.25, -0.2) is 4.98 Å². The van der Waals surface area contributed by atoms with E-state index in [1.807, 2.05) is 5.40 Å². The van der Waals surface area contributed by atoms with E-state index >= 15 is 0 Å². The van der Waals surface area contributed by atoms with Crippen molar-refractivity contribution < 1.29 is 23.4 Å². The second kappa shape index (κ2) is 8.54. The van der Waals surface area contributed by atoms with E-state index in [-0.39, 0.29) is 11.7 Å². The Bertz CT molecular complexity index is 1030. The SMILES string of the molecule is COc1cc(-c2nc3ccc(NC(=O)CSC#N)cc3o2)cc(OC)c1OC. The van der Waals surface area contributed by atoms with Gasteiger partial charge in [0.1, 0.15) is 10.9 Å². The van der Waals surface area contributed by atoms with Crippen molar-refractivity contribution in [3.63, 3.8) is 0 Å². The van der Waals surface area contributed by atoms with Gasteiger partial charge in [-0.05, 0) is 36.0 Å². The topological polar surface area (TPSA) is 107 Å². The van der Waals surface area contributed by atoms with Gasteiger partial charge in [-0.1, -0.05) is 0 Å². The summed E-state index contributed by atoms with van der Waals surface area (Å²) in [4.78, 5) is 16.2. The molecule has 0 unspecified atom stereocenters. The van der Waals surface area contributed by atoms with Crippen LogP contribution in [-0.2, 0) is 4.79 Å². The first-order valence-electron chi connectivity index (χ1n) is 8.11. The Kier molecular flexibility index (Phi) is 5.91. The zero-order valence-electron chi connectivity index (χ0n) is 15.4. The number of nitrogens with one attached hydrogen (secondary N) is 1. The lowest BCUT2D eigenvalue weighted by atomic mass is 10.2.